The number of halogens is 3. The van der Waals surface area contributed by atoms with Crippen molar-refractivity contribution in [1.82, 2.24) is 4.72 Å². The first-order valence-corrected chi connectivity index (χ1v) is 8.52. The standard InChI is InChI=1S/C11H12BrCl2NO4S/c1-19-10(16)3-2-4-15-20(17,18)11-8(13)5-7(12)6-9(11)14/h5-6,15H,2-4H2,1H3. The maximum Gasteiger partial charge on any atom is 0.305 e. The van der Waals surface area contributed by atoms with Crippen LogP contribution >= 0.6 is 39.1 Å². The largest absolute Gasteiger partial charge is 0.469 e. The molecule has 0 radical (unpaired) electrons. The number of sulfonamides is 1. The molecule has 0 aliphatic rings. The van der Waals surface area contributed by atoms with Crippen LogP contribution in [0.1, 0.15) is 12.8 Å². The van der Waals surface area contributed by atoms with Crippen molar-refractivity contribution in [2.75, 3.05) is 13.7 Å². The van der Waals surface area contributed by atoms with Gasteiger partial charge in [-0.2, -0.15) is 0 Å². The minimum absolute atomic E-state index is 0.0184. The van der Waals surface area contributed by atoms with E-state index >= 15 is 0 Å². The summed E-state index contributed by atoms with van der Waals surface area (Å²) in [7, 11) is -2.56. The average Bonchev–Trinajstić information content (AvgIpc) is 2.32. The Morgan fingerprint density at radius 1 is 1.35 bits per heavy atom. The Bertz CT molecular complexity index is 583. The summed E-state index contributed by atoms with van der Waals surface area (Å²) in [5.41, 5.74) is 0. The fourth-order valence-electron chi connectivity index (χ4n) is 1.40. The van der Waals surface area contributed by atoms with Crippen LogP contribution in [0.2, 0.25) is 10.0 Å². The average molecular weight is 405 g/mol. The van der Waals surface area contributed by atoms with Crippen LogP contribution in [0.5, 0.6) is 0 Å². The van der Waals surface area contributed by atoms with Crippen LogP contribution in [-0.4, -0.2) is 28.0 Å². The first-order chi connectivity index (χ1) is 9.27. The van der Waals surface area contributed by atoms with Gasteiger partial charge >= 0.3 is 5.97 Å². The van der Waals surface area contributed by atoms with E-state index in [0.29, 0.717) is 10.9 Å². The summed E-state index contributed by atoms with van der Waals surface area (Å²) in [6, 6.07) is 2.88. The first-order valence-electron chi connectivity index (χ1n) is 5.49. The molecule has 0 fully saturated rings. The van der Waals surface area contributed by atoms with Gasteiger partial charge in [-0.05, 0) is 18.6 Å². The fraction of sp³-hybridized carbons (Fsp3) is 0.364. The number of carbonyl (C=O) groups excluding carboxylic acids is 1. The third kappa shape index (κ3) is 4.89. The second-order valence-electron chi connectivity index (χ2n) is 3.78. The van der Waals surface area contributed by atoms with Crippen LogP contribution in [0.3, 0.4) is 0 Å². The predicted molar refractivity (Wildman–Crippen MR) is 80.6 cm³/mol. The Labute approximate surface area is 135 Å². The minimum Gasteiger partial charge on any atom is -0.469 e. The summed E-state index contributed by atoms with van der Waals surface area (Å²) in [6.07, 6.45) is 0.443. The van der Waals surface area contributed by atoms with Crippen molar-refractivity contribution in [3.05, 3.63) is 26.7 Å². The molecule has 20 heavy (non-hydrogen) atoms. The van der Waals surface area contributed by atoms with Crippen molar-refractivity contribution in [1.29, 1.82) is 0 Å². The van der Waals surface area contributed by atoms with E-state index in [1.54, 1.807) is 0 Å². The van der Waals surface area contributed by atoms with Crippen molar-refractivity contribution in [2.45, 2.75) is 17.7 Å². The molecule has 0 heterocycles. The van der Waals surface area contributed by atoms with Gasteiger partial charge in [0.15, 0.2) is 0 Å². The second-order valence-corrected chi connectivity index (χ2v) is 7.21. The summed E-state index contributed by atoms with van der Waals surface area (Å²) in [6.45, 7) is 0.0835. The molecule has 5 nitrogen and oxygen atoms in total. The lowest BCUT2D eigenvalue weighted by atomic mass is 10.3. The van der Waals surface area contributed by atoms with Gasteiger partial charge in [-0.15, -0.1) is 0 Å². The van der Waals surface area contributed by atoms with E-state index in [2.05, 4.69) is 25.4 Å². The molecule has 0 aromatic heterocycles. The predicted octanol–water partition coefficient (Wildman–Crippen LogP) is 2.99. The molecular formula is C11H12BrCl2NO4S. The molecule has 0 unspecified atom stereocenters. The molecule has 1 aromatic carbocycles. The monoisotopic (exact) mass is 403 g/mol. The molecule has 0 bridgehead atoms. The van der Waals surface area contributed by atoms with E-state index in [4.69, 9.17) is 23.2 Å². The van der Waals surface area contributed by atoms with Crippen molar-refractivity contribution in [2.24, 2.45) is 0 Å². The quantitative estimate of drug-likeness (QED) is 0.584. The van der Waals surface area contributed by atoms with Gasteiger partial charge in [0, 0.05) is 17.4 Å². The fourth-order valence-corrected chi connectivity index (χ4v) is 4.41. The van der Waals surface area contributed by atoms with Crippen molar-refractivity contribution in [3.63, 3.8) is 0 Å². The van der Waals surface area contributed by atoms with E-state index in [0.717, 1.165) is 0 Å². The lowest BCUT2D eigenvalue weighted by molar-refractivity contribution is -0.140. The zero-order chi connectivity index (χ0) is 15.3. The maximum absolute atomic E-state index is 12.1. The van der Waals surface area contributed by atoms with Crippen LogP contribution in [0.15, 0.2) is 21.5 Å². The van der Waals surface area contributed by atoms with Gasteiger partial charge in [0.25, 0.3) is 0 Å². The number of nitrogens with one attached hydrogen (secondary N) is 1. The van der Waals surface area contributed by atoms with Gasteiger partial charge in [-0.1, -0.05) is 39.1 Å². The number of carbonyl (C=O) groups is 1. The van der Waals surface area contributed by atoms with Gasteiger partial charge in [0.1, 0.15) is 4.90 Å². The molecule has 1 rings (SSSR count). The maximum atomic E-state index is 12.1. The van der Waals surface area contributed by atoms with Crippen LogP contribution < -0.4 is 4.72 Å². The van der Waals surface area contributed by atoms with E-state index in [9.17, 15) is 13.2 Å². The molecule has 0 aliphatic carbocycles. The summed E-state index contributed by atoms with van der Waals surface area (Å²) < 4.78 is 31.5. The highest BCUT2D eigenvalue weighted by Crippen LogP contribution is 2.32. The van der Waals surface area contributed by atoms with Gasteiger partial charge < -0.3 is 4.74 Å². The highest BCUT2D eigenvalue weighted by atomic mass is 79.9. The molecule has 112 valence electrons. The number of methoxy groups -OCH3 is 1. The van der Waals surface area contributed by atoms with Crippen molar-refractivity contribution in [3.8, 4) is 0 Å². The third-order valence-corrected chi connectivity index (χ3v) is 5.15. The highest BCUT2D eigenvalue weighted by Gasteiger charge is 2.22. The van der Waals surface area contributed by atoms with Crippen molar-refractivity contribution < 1.29 is 17.9 Å². The number of ether oxygens (including phenoxy) is 1. The lowest BCUT2D eigenvalue weighted by Crippen LogP contribution is -2.26. The Morgan fingerprint density at radius 3 is 2.40 bits per heavy atom. The van der Waals surface area contributed by atoms with E-state index in [1.165, 1.54) is 19.2 Å². The topological polar surface area (TPSA) is 72.5 Å². The van der Waals surface area contributed by atoms with Crippen LogP contribution in [-0.2, 0) is 19.6 Å². The first kappa shape index (κ1) is 17.7. The van der Waals surface area contributed by atoms with E-state index in [-0.39, 0.29) is 27.9 Å². The van der Waals surface area contributed by atoms with E-state index in [1.807, 2.05) is 0 Å². The van der Waals surface area contributed by atoms with Gasteiger partial charge in [0.05, 0.1) is 17.2 Å². The number of benzene rings is 1. The van der Waals surface area contributed by atoms with Crippen LogP contribution in [0.4, 0.5) is 0 Å². The zero-order valence-electron chi connectivity index (χ0n) is 10.5. The lowest BCUT2D eigenvalue weighted by Gasteiger charge is -2.10. The molecule has 0 saturated carbocycles. The molecule has 0 aliphatic heterocycles. The molecule has 1 aromatic rings. The normalized spacial score (nSPS) is 11.4. The molecule has 0 atom stereocenters. The number of hydrogen-bond donors (Lipinski definition) is 1. The SMILES string of the molecule is COC(=O)CCCNS(=O)(=O)c1c(Cl)cc(Br)cc1Cl. The molecule has 9 heteroatoms. The summed E-state index contributed by atoms with van der Waals surface area (Å²) in [4.78, 5) is 10.7. The minimum atomic E-state index is -3.83. The Balaban J connectivity index is 2.77. The summed E-state index contributed by atoms with van der Waals surface area (Å²) in [5, 5.41) is 0.0367. The Kier molecular flexibility index (Phi) is 6.74. The Morgan fingerprint density at radius 2 is 1.90 bits per heavy atom. The molecule has 0 amide bonds. The summed E-state index contributed by atoms with van der Waals surface area (Å²) >= 11 is 15.0. The smallest absolute Gasteiger partial charge is 0.305 e. The Hall–Kier alpha value is -0.340. The van der Waals surface area contributed by atoms with Crippen LogP contribution in [0.25, 0.3) is 0 Å². The molecule has 0 spiro atoms. The molecule has 1 N–H and O–H groups in total. The number of hydrogen-bond acceptors (Lipinski definition) is 4. The highest BCUT2D eigenvalue weighted by molar-refractivity contribution is 9.10. The van der Waals surface area contributed by atoms with Gasteiger partial charge in [-0.25, -0.2) is 13.1 Å². The second kappa shape index (κ2) is 7.61. The van der Waals surface area contributed by atoms with Gasteiger partial charge in [0.2, 0.25) is 10.0 Å². The van der Waals surface area contributed by atoms with E-state index < -0.39 is 16.0 Å². The third-order valence-electron chi connectivity index (χ3n) is 2.31. The van der Waals surface area contributed by atoms with Gasteiger partial charge in [-0.3, -0.25) is 4.79 Å². The summed E-state index contributed by atoms with van der Waals surface area (Å²) in [5.74, 6) is -0.399. The van der Waals surface area contributed by atoms with Crippen molar-refractivity contribution >= 4 is 55.1 Å². The number of esters is 1. The molecular weight excluding hydrogens is 393 g/mol. The van der Waals surface area contributed by atoms with Crippen LogP contribution in [0, 0.1) is 0 Å². The number of rotatable bonds is 6. The molecule has 0 saturated heterocycles. The zero-order valence-corrected chi connectivity index (χ0v) is 14.4.